The lowest BCUT2D eigenvalue weighted by atomic mass is 9.96. The Balaban J connectivity index is 1.51. The number of rotatable bonds is 7. The highest BCUT2D eigenvalue weighted by molar-refractivity contribution is 6.06. The van der Waals surface area contributed by atoms with E-state index >= 15 is 0 Å². The van der Waals surface area contributed by atoms with Crippen LogP contribution in [0.25, 0.3) is 33.3 Å². The first-order valence-corrected chi connectivity index (χ1v) is 12.3. The Hall–Kier alpha value is -5.17. The van der Waals surface area contributed by atoms with Gasteiger partial charge in [-0.3, -0.25) is 15.5 Å². The zero-order valence-electron chi connectivity index (χ0n) is 21.4. The molecule has 0 aliphatic rings. The molecule has 10 nitrogen and oxygen atoms in total. The van der Waals surface area contributed by atoms with Crippen LogP contribution in [0.5, 0.6) is 0 Å². The highest BCUT2D eigenvalue weighted by Crippen LogP contribution is 2.34. The minimum Gasteiger partial charge on any atom is -0.436 e. The molecule has 3 aromatic heterocycles. The van der Waals surface area contributed by atoms with Gasteiger partial charge in [0.05, 0.1) is 17.8 Å². The molecule has 1 atom stereocenters. The number of hydrogen-bond donors (Lipinski definition) is 3. The van der Waals surface area contributed by atoms with Gasteiger partial charge in [-0.25, -0.2) is 9.78 Å². The van der Waals surface area contributed by atoms with Gasteiger partial charge >= 0.3 is 12.1 Å². The van der Waals surface area contributed by atoms with E-state index in [4.69, 9.17) is 10.7 Å². The van der Waals surface area contributed by atoms with Crippen molar-refractivity contribution in [3.63, 3.8) is 0 Å². The number of H-pyrrole nitrogens is 1. The Bertz CT molecular complexity index is 1720. The quantitative estimate of drug-likeness (QED) is 0.196. The first-order chi connectivity index (χ1) is 19.6. The molecule has 13 heteroatoms. The van der Waals surface area contributed by atoms with Gasteiger partial charge in [-0.05, 0) is 24.6 Å². The number of nitrogens with zero attached hydrogens (tertiary/aromatic N) is 4. The van der Waals surface area contributed by atoms with Crippen LogP contribution in [-0.4, -0.2) is 43.2 Å². The molecule has 5 aromatic rings. The van der Waals surface area contributed by atoms with Gasteiger partial charge < -0.3 is 15.0 Å². The second kappa shape index (κ2) is 11.1. The standard InChI is InChI=1S/C28H22F3N7O3/c1-15-35-22(38-37-15)14-34-26(39)24-20-13-19(16-5-3-2-4-6-16)23(36-21(20)11-12-33-24)17-7-9-18(10-8-17)25(32)41-27(40)28(29,30)31/h2-13,25H,14,32H2,1H3,(H,34,39)(H,35,37,38). The van der Waals surface area contributed by atoms with Crippen LogP contribution in [0.2, 0.25) is 0 Å². The predicted octanol–water partition coefficient (Wildman–Crippen LogP) is 4.38. The molecule has 2 aromatic carbocycles. The second-order valence-corrected chi connectivity index (χ2v) is 8.96. The van der Waals surface area contributed by atoms with Crippen molar-refractivity contribution in [2.24, 2.45) is 5.73 Å². The van der Waals surface area contributed by atoms with Gasteiger partial charge in [-0.15, -0.1) is 10.2 Å². The Kier molecular flexibility index (Phi) is 7.44. The molecule has 0 spiro atoms. The number of carbonyl (C=O) groups excluding carboxylic acids is 2. The number of nitrogens with two attached hydrogens (primary N) is 1. The summed E-state index contributed by atoms with van der Waals surface area (Å²) in [4.78, 5) is 36.4. The second-order valence-electron chi connectivity index (χ2n) is 8.96. The van der Waals surface area contributed by atoms with Crippen molar-refractivity contribution in [2.75, 3.05) is 0 Å². The SMILES string of the molecule is Cc1nnc(CNC(=O)c2nccc3nc(-c4ccc(C(N)OC(=O)C(F)(F)F)cc4)c(-c4ccccc4)cc23)[nH]1. The fourth-order valence-electron chi connectivity index (χ4n) is 4.14. The minimum absolute atomic E-state index is 0.127. The number of esters is 1. The lowest BCUT2D eigenvalue weighted by Crippen LogP contribution is -2.29. The van der Waals surface area contributed by atoms with Crippen LogP contribution >= 0.6 is 0 Å². The number of aromatic nitrogens is 5. The number of ether oxygens (including phenoxy) is 1. The van der Waals surface area contributed by atoms with E-state index in [0.29, 0.717) is 39.4 Å². The summed E-state index contributed by atoms with van der Waals surface area (Å²) in [5.74, 6) is -1.68. The molecule has 4 N–H and O–H groups in total. The topological polar surface area (TPSA) is 149 Å². The highest BCUT2D eigenvalue weighted by atomic mass is 19.4. The highest BCUT2D eigenvalue weighted by Gasteiger charge is 2.42. The number of aryl methyl sites for hydroxylation is 1. The number of alkyl halides is 3. The molecule has 0 bridgehead atoms. The summed E-state index contributed by atoms with van der Waals surface area (Å²) in [5, 5.41) is 11.1. The molecule has 0 radical (unpaired) electrons. The van der Waals surface area contributed by atoms with E-state index in [1.54, 1.807) is 25.1 Å². The number of pyridine rings is 2. The summed E-state index contributed by atoms with van der Waals surface area (Å²) in [6.45, 7) is 1.88. The van der Waals surface area contributed by atoms with Gasteiger partial charge in [0, 0.05) is 28.3 Å². The number of amides is 1. The number of aromatic amines is 1. The third kappa shape index (κ3) is 6.04. The number of benzene rings is 2. The summed E-state index contributed by atoms with van der Waals surface area (Å²) >= 11 is 0. The van der Waals surface area contributed by atoms with Crippen LogP contribution in [0, 0.1) is 6.92 Å². The van der Waals surface area contributed by atoms with Crippen molar-refractivity contribution in [2.45, 2.75) is 25.9 Å². The van der Waals surface area contributed by atoms with Gasteiger partial charge in [-0.2, -0.15) is 13.2 Å². The molecule has 1 unspecified atom stereocenters. The lowest BCUT2D eigenvalue weighted by Gasteiger charge is -2.16. The molecule has 0 saturated carbocycles. The van der Waals surface area contributed by atoms with Crippen molar-refractivity contribution in [1.29, 1.82) is 0 Å². The van der Waals surface area contributed by atoms with E-state index in [-0.39, 0.29) is 17.8 Å². The van der Waals surface area contributed by atoms with Crippen LogP contribution in [0.4, 0.5) is 13.2 Å². The molecule has 0 aliphatic carbocycles. The van der Waals surface area contributed by atoms with Crippen LogP contribution in [0.3, 0.4) is 0 Å². The van der Waals surface area contributed by atoms with Gasteiger partial charge in [0.25, 0.3) is 5.91 Å². The Labute approximate surface area is 230 Å². The van der Waals surface area contributed by atoms with E-state index < -0.39 is 24.3 Å². The van der Waals surface area contributed by atoms with Crippen LogP contribution in [-0.2, 0) is 16.1 Å². The van der Waals surface area contributed by atoms with Crippen LogP contribution < -0.4 is 11.1 Å². The summed E-state index contributed by atoms with van der Waals surface area (Å²) in [7, 11) is 0. The molecule has 3 heterocycles. The van der Waals surface area contributed by atoms with E-state index in [1.165, 1.54) is 18.3 Å². The third-order valence-electron chi connectivity index (χ3n) is 6.08. The molecule has 0 fully saturated rings. The fourth-order valence-corrected chi connectivity index (χ4v) is 4.14. The molecule has 208 valence electrons. The maximum Gasteiger partial charge on any atom is 0.490 e. The first-order valence-electron chi connectivity index (χ1n) is 12.3. The van der Waals surface area contributed by atoms with Crippen molar-refractivity contribution in [3.8, 4) is 22.4 Å². The van der Waals surface area contributed by atoms with Crippen molar-refractivity contribution < 1.29 is 27.5 Å². The Morgan fingerprint density at radius 3 is 2.41 bits per heavy atom. The van der Waals surface area contributed by atoms with Gasteiger partial charge in [0.15, 0.2) is 6.23 Å². The Morgan fingerprint density at radius 2 is 1.76 bits per heavy atom. The van der Waals surface area contributed by atoms with Crippen molar-refractivity contribution in [1.82, 2.24) is 30.5 Å². The van der Waals surface area contributed by atoms with E-state index in [1.807, 2.05) is 36.4 Å². The number of hydrogen-bond acceptors (Lipinski definition) is 8. The van der Waals surface area contributed by atoms with E-state index in [0.717, 1.165) is 5.56 Å². The zero-order valence-corrected chi connectivity index (χ0v) is 21.4. The average molecular weight is 562 g/mol. The van der Waals surface area contributed by atoms with Crippen LogP contribution in [0.1, 0.15) is 33.9 Å². The zero-order chi connectivity index (χ0) is 29.1. The fraction of sp³-hybridized carbons (Fsp3) is 0.143. The molecule has 0 saturated heterocycles. The van der Waals surface area contributed by atoms with Crippen molar-refractivity contribution >= 4 is 22.8 Å². The van der Waals surface area contributed by atoms with Crippen molar-refractivity contribution in [3.05, 3.63) is 95.8 Å². The molecule has 0 aliphatic heterocycles. The maximum absolute atomic E-state index is 13.1. The summed E-state index contributed by atoms with van der Waals surface area (Å²) in [6.07, 6.45) is -5.28. The van der Waals surface area contributed by atoms with Gasteiger partial charge in [0.2, 0.25) is 0 Å². The molecule has 1 amide bonds. The largest absolute Gasteiger partial charge is 0.490 e. The summed E-state index contributed by atoms with van der Waals surface area (Å²) < 4.78 is 42.0. The average Bonchev–Trinajstić information content (AvgIpc) is 3.39. The number of carbonyl (C=O) groups is 2. The van der Waals surface area contributed by atoms with Gasteiger partial charge in [-0.1, -0.05) is 54.6 Å². The van der Waals surface area contributed by atoms with E-state index in [2.05, 4.69) is 30.2 Å². The monoisotopic (exact) mass is 561 g/mol. The maximum atomic E-state index is 13.1. The molecule has 41 heavy (non-hydrogen) atoms. The third-order valence-corrected chi connectivity index (χ3v) is 6.08. The number of fused-ring (bicyclic) bond motifs is 1. The first kappa shape index (κ1) is 27.4. The lowest BCUT2D eigenvalue weighted by molar-refractivity contribution is -0.205. The van der Waals surface area contributed by atoms with Gasteiger partial charge in [0.1, 0.15) is 17.3 Å². The molecular weight excluding hydrogens is 539 g/mol. The predicted molar refractivity (Wildman–Crippen MR) is 142 cm³/mol. The summed E-state index contributed by atoms with van der Waals surface area (Å²) in [6, 6.07) is 19.0. The normalized spacial score (nSPS) is 12.2. The smallest absolute Gasteiger partial charge is 0.436 e. The minimum atomic E-state index is -5.16. The summed E-state index contributed by atoms with van der Waals surface area (Å²) in [5.41, 5.74) is 9.16. The Morgan fingerprint density at radius 1 is 1.02 bits per heavy atom. The van der Waals surface area contributed by atoms with Crippen LogP contribution in [0.15, 0.2) is 72.9 Å². The molecule has 5 rings (SSSR count). The molecular formula is C28H22F3N7O3. The number of nitrogens with one attached hydrogen (secondary N) is 2. The van der Waals surface area contributed by atoms with E-state index in [9.17, 15) is 22.8 Å². The number of halogens is 3.